The summed E-state index contributed by atoms with van der Waals surface area (Å²) in [5.41, 5.74) is 0. The third kappa shape index (κ3) is 6.49. The molecule has 2 amide bonds. The topological polar surface area (TPSA) is 86.7 Å². The molecule has 142 valence electrons. The third-order valence-corrected chi connectivity index (χ3v) is 3.98. The van der Waals surface area contributed by atoms with Crippen LogP contribution in [-0.2, 0) is 14.4 Å². The van der Waals surface area contributed by atoms with Gasteiger partial charge in [-0.3, -0.25) is 24.6 Å². The van der Waals surface area contributed by atoms with Crippen LogP contribution in [0.1, 0.15) is 39.5 Å². The molecule has 0 aromatic carbocycles. The van der Waals surface area contributed by atoms with Crippen LogP contribution in [0.15, 0.2) is 12.2 Å². The van der Waals surface area contributed by atoms with Gasteiger partial charge >= 0.3 is 12.1 Å². The molecule has 0 aromatic rings. The lowest BCUT2D eigenvalue weighted by Crippen LogP contribution is -2.52. The maximum absolute atomic E-state index is 13.1. The minimum absolute atomic E-state index is 0.165. The number of imide groups is 1. The zero-order valence-corrected chi connectivity index (χ0v) is 14.2. The number of aliphatic carboxylic acids is 1. The third-order valence-electron chi connectivity index (χ3n) is 3.98. The summed E-state index contributed by atoms with van der Waals surface area (Å²) in [6, 6.07) is -3.19. The second-order valence-electron chi connectivity index (χ2n) is 6.33. The number of carboxylic acid groups (broad SMARTS) is 1. The molecule has 2 atom stereocenters. The molecule has 0 saturated heterocycles. The van der Waals surface area contributed by atoms with Crippen LogP contribution in [0.3, 0.4) is 0 Å². The number of carboxylic acids is 1. The number of nitrogens with zero attached hydrogens (tertiary/aromatic N) is 1. The number of rotatable bonds is 10. The number of carbonyl (C=O) groups is 3. The van der Waals surface area contributed by atoms with Gasteiger partial charge in [-0.1, -0.05) is 26.7 Å². The number of halogens is 3. The van der Waals surface area contributed by atoms with Crippen LogP contribution in [-0.4, -0.2) is 52.6 Å². The lowest BCUT2D eigenvalue weighted by atomic mass is 10.0. The van der Waals surface area contributed by atoms with Crippen molar-refractivity contribution in [2.45, 2.75) is 57.8 Å². The molecule has 0 aromatic heterocycles. The molecule has 25 heavy (non-hydrogen) atoms. The summed E-state index contributed by atoms with van der Waals surface area (Å²) < 4.78 is 39.3. The molecule has 1 rings (SSSR count). The Bertz CT molecular complexity index is 514. The normalized spacial score (nSPS) is 17.4. The van der Waals surface area contributed by atoms with E-state index >= 15 is 0 Å². The molecule has 1 aliphatic heterocycles. The zero-order valence-electron chi connectivity index (χ0n) is 14.2. The Hall–Kier alpha value is -1.90. The molecule has 0 radical (unpaired) electrons. The van der Waals surface area contributed by atoms with E-state index in [4.69, 9.17) is 5.11 Å². The molecular weight excluding hydrogens is 341 g/mol. The molecule has 0 aliphatic carbocycles. The highest BCUT2D eigenvalue weighted by atomic mass is 19.4. The fraction of sp³-hybridized carbons (Fsp3) is 0.688. The Labute approximate surface area is 144 Å². The van der Waals surface area contributed by atoms with E-state index in [9.17, 15) is 27.6 Å². The summed E-state index contributed by atoms with van der Waals surface area (Å²) in [6.07, 6.45) is -1.51. The van der Waals surface area contributed by atoms with Crippen molar-refractivity contribution in [1.29, 1.82) is 0 Å². The van der Waals surface area contributed by atoms with Gasteiger partial charge in [0.05, 0.1) is 0 Å². The highest BCUT2D eigenvalue weighted by molar-refractivity contribution is 6.12. The van der Waals surface area contributed by atoms with Gasteiger partial charge in [-0.2, -0.15) is 13.2 Å². The summed E-state index contributed by atoms with van der Waals surface area (Å²) >= 11 is 0. The Morgan fingerprint density at radius 2 is 1.72 bits per heavy atom. The van der Waals surface area contributed by atoms with Gasteiger partial charge in [0.15, 0.2) is 0 Å². The Kier molecular flexibility index (Phi) is 7.60. The monoisotopic (exact) mass is 364 g/mol. The Morgan fingerprint density at radius 1 is 1.16 bits per heavy atom. The number of hydrogen-bond donors (Lipinski definition) is 2. The second-order valence-corrected chi connectivity index (χ2v) is 6.33. The van der Waals surface area contributed by atoms with Crippen LogP contribution < -0.4 is 5.32 Å². The van der Waals surface area contributed by atoms with Crippen LogP contribution in [0.2, 0.25) is 0 Å². The highest BCUT2D eigenvalue weighted by Crippen LogP contribution is 2.25. The molecule has 0 unspecified atom stereocenters. The summed E-state index contributed by atoms with van der Waals surface area (Å²) in [4.78, 5) is 34.8. The minimum Gasteiger partial charge on any atom is -0.480 e. The lowest BCUT2D eigenvalue weighted by Gasteiger charge is -2.27. The predicted octanol–water partition coefficient (Wildman–Crippen LogP) is 2.10. The average molecular weight is 364 g/mol. The predicted molar refractivity (Wildman–Crippen MR) is 83.6 cm³/mol. The summed E-state index contributed by atoms with van der Waals surface area (Å²) in [7, 11) is 0. The first kappa shape index (κ1) is 21.1. The first-order chi connectivity index (χ1) is 11.5. The minimum atomic E-state index is -4.55. The summed E-state index contributed by atoms with van der Waals surface area (Å²) in [5.74, 6) is -2.63. The number of amides is 2. The smallest absolute Gasteiger partial charge is 0.403 e. The van der Waals surface area contributed by atoms with Crippen LogP contribution in [0.4, 0.5) is 13.2 Å². The van der Waals surface area contributed by atoms with Crippen molar-refractivity contribution in [3.05, 3.63) is 12.2 Å². The van der Waals surface area contributed by atoms with Gasteiger partial charge in [0, 0.05) is 18.7 Å². The lowest BCUT2D eigenvalue weighted by molar-refractivity contribution is -0.164. The van der Waals surface area contributed by atoms with Gasteiger partial charge in [-0.25, -0.2) is 0 Å². The molecule has 0 spiro atoms. The maximum Gasteiger partial charge on any atom is 0.403 e. The summed E-state index contributed by atoms with van der Waals surface area (Å²) in [5, 5.41) is 11.2. The number of unbranched alkanes of at least 4 members (excludes halogenated alkanes) is 2. The van der Waals surface area contributed by atoms with Gasteiger partial charge in [0.2, 0.25) is 0 Å². The number of nitrogens with one attached hydrogen (secondary N) is 1. The molecule has 0 bridgehead atoms. The van der Waals surface area contributed by atoms with Crippen molar-refractivity contribution in [2.75, 3.05) is 6.54 Å². The standard InChI is InChI=1S/C16H23F3N2O4/c1-10(2)14(15(24)25)20-11(16(17,18)19)6-4-3-5-9-21-12(22)7-8-13(21)23/h7-8,10-11,14,20H,3-6,9H2,1-2H3,(H,24,25)/t11-,14+/m1/s1. The van der Waals surface area contributed by atoms with Crippen molar-refractivity contribution in [2.24, 2.45) is 5.92 Å². The second kappa shape index (κ2) is 8.98. The molecule has 0 saturated carbocycles. The van der Waals surface area contributed by atoms with Crippen LogP contribution in [0, 0.1) is 5.92 Å². The maximum atomic E-state index is 13.1. The van der Waals surface area contributed by atoms with Crippen molar-refractivity contribution >= 4 is 17.8 Å². The van der Waals surface area contributed by atoms with Gasteiger partial charge in [-0.15, -0.1) is 0 Å². The number of alkyl halides is 3. The molecule has 1 heterocycles. The molecular formula is C16H23F3N2O4. The molecule has 6 nitrogen and oxygen atoms in total. The first-order valence-electron chi connectivity index (χ1n) is 8.13. The van der Waals surface area contributed by atoms with E-state index in [1.165, 1.54) is 13.8 Å². The Morgan fingerprint density at radius 3 is 2.16 bits per heavy atom. The van der Waals surface area contributed by atoms with Gasteiger partial charge < -0.3 is 5.11 Å². The van der Waals surface area contributed by atoms with Crippen molar-refractivity contribution < 1.29 is 32.7 Å². The molecule has 1 aliphatic rings. The van der Waals surface area contributed by atoms with Crippen LogP contribution in [0.25, 0.3) is 0 Å². The fourth-order valence-electron chi connectivity index (χ4n) is 2.55. The van der Waals surface area contributed by atoms with E-state index in [0.717, 1.165) is 17.1 Å². The van der Waals surface area contributed by atoms with E-state index in [-0.39, 0.29) is 19.4 Å². The van der Waals surface area contributed by atoms with Crippen LogP contribution >= 0.6 is 0 Å². The number of carbonyl (C=O) groups excluding carboxylic acids is 2. The molecule has 0 fully saturated rings. The van der Waals surface area contributed by atoms with Gasteiger partial charge in [0.1, 0.15) is 12.1 Å². The van der Waals surface area contributed by atoms with E-state index in [0.29, 0.717) is 12.8 Å². The number of hydrogen-bond acceptors (Lipinski definition) is 4. The van der Waals surface area contributed by atoms with Crippen molar-refractivity contribution in [1.82, 2.24) is 10.2 Å². The van der Waals surface area contributed by atoms with E-state index in [1.54, 1.807) is 0 Å². The van der Waals surface area contributed by atoms with E-state index in [2.05, 4.69) is 5.32 Å². The molecule has 9 heteroatoms. The van der Waals surface area contributed by atoms with Gasteiger partial charge in [-0.05, 0) is 18.8 Å². The highest BCUT2D eigenvalue weighted by Gasteiger charge is 2.41. The SMILES string of the molecule is CC(C)[C@H](N[C@H](CCCCCN1C(=O)C=CC1=O)C(F)(F)F)C(=O)O. The van der Waals surface area contributed by atoms with Crippen LogP contribution in [0.5, 0.6) is 0 Å². The zero-order chi connectivity index (χ0) is 19.2. The largest absolute Gasteiger partial charge is 0.480 e. The molecule has 2 N–H and O–H groups in total. The quantitative estimate of drug-likeness (QED) is 0.458. The van der Waals surface area contributed by atoms with Gasteiger partial charge in [0.25, 0.3) is 11.8 Å². The van der Waals surface area contributed by atoms with E-state index in [1.807, 2.05) is 0 Å². The van der Waals surface area contributed by atoms with Crippen molar-refractivity contribution in [3.8, 4) is 0 Å². The average Bonchev–Trinajstić information content (AvgIpc) is 2.79. The van der Waals surface area contributed by atoms with Crippen molar-refractivity contribution in [3.63, 3.8) is 0 Å². The van der Waals surface area contributed by atoms with E-state index < -0.39 is 42.0 Å². The first-order valence-corrected chi connectivity index (χ1v) is 8.13. The summed E-state index contributed by atoms with van der Waals surface area (Å²) in [6.45, 7) is 3.24. The Balaban J connectivity index is 2.45. The fourth-order valence-corrected chi connectivity index (χ4v) is 2.55.